The first-order valence-electron chi connectivity index (χ1n) is 9.35. The lowest BCUT2D eigenvalue weighted by molar-refractivity contribution is -0.384. The first-order chi connectivity index (χ1) is 15.7. The monoisotopic (exact) mass is 482 g/mol. The Kier molecular flexibility index (Phi) is 6.03. The van der Waals surface area contributed by atoms with Crippen LogP contribution in [0.2, 0.25) is 5.02 Å². The van der Waals surface area contributed by atoms with E-state index in [1.54, 1.807) is 37.4 Å². The number of amides is 1. The number of aliphatic imine (C=N–C) groups is 1. The number of nitrogens with zero attached hydrogens (tertiary/aromatic N) is 3. The Labute approximate surface area is 196 Å². The van der Waals surface area contributed by atoms with Crippen LogP contribution in [0.25, 0.3) is 17.4 Å². The van der Waals surface area contributed by atoms with Gasteiger partial charge in [0.2, 0.25) is 0 Å². The molecule has 33 heavy (non-hydrogen) atoms. The van der Waals surface area contributed by atoms with E-state index in [0.717, 1.165) is 11.8 Å². The topological polar surface area (TPSA) is 129 Å². The number of carbonyl (C=O) groups excluding carboxylic acids is 2. The molecule has 2 aromatic carbocycles. The first-order valence-corrected chi connectivity index (χ1v) is 10.5. The molecule has 166 valence electrons. The van der Waals surface area contributed by atoms with Crippen LogP contribution in [0.15, 0.2) is 68.9 Å². The van der Waals surface area contributed by atoms with Gasteiger partial charge in [-0.05, 0) is 54.2 Å². The van der Waals surface area contributed by atoms with Gasteiger partial charge in [-0.1, -0.05) is 11.6 Å². The van der Waals surface area contributed by atoms with Crippen molar-refractivity contribution in [3.63, 3.8) is 0 Å². The molecule has 1 saturated heterocycles. The van der Waals surface area contributed by atoms with Crippen molar-refractivity contribution >= 4 is 57.9 Å². The summed E-state index contributed by atoms with van der Waals surface area (Å²) in [5.41, 5.74) is 0.741. The van der Waals surface area contributed by atoms with Crippen molar-refractivity contribution in [1.82, 2.24) is 4.90 Å². The Balaban J connectivity index is 1.57. The number of amidine groups is 1. The molecule has 3 aromatic rings. The highest BCUT2D eigenvalue weighted by atomic mass is 35.5. The molecular weight excluding hydrogens is 470 g/mol. The Morgan fingerprint density at radius 2 is 1.91 bits per heavy atom. The van der Waals surface area contributed by atoms with E-state index < -0.39 is 10.9 Å². The molecule has 0 saturated carbocycles. The number of nitro benzene ring substituents is 1. The number of hydrogen-bond donors (Lipinski definition) is 0. The second-order valence-corrected chi connectivity index (χ2v) is 8.24. The average Bonchev–Trinajstić information content (AvgIpc) is 3.36. The normalized spacial score (nSPS) is 16.1. The van der Waals surface area contributed by atoms with E-state index in [9.17, 15) is 24.8 Å². The number of aromatic carboxylic acids is 1. The molecule has 1 aliphatic heterocycles. The number of hydrogen-bond acceptors (Lipinski definition) is 8. The number of non-ortho nitro benzene ring substituents is 1. The van der Waals surface area contributed by atoms with E-state index in [0.29, 0.717) is 32.8 Å². The Bertz CT molecular complexity index is 1350. The predicted molar refractivity (Wildman–Crippen MR) is 122 cm³/mol. The van der Waals surface area contributed by atoms with E-state index in [-0.39, 0.29) is 22.2 Å². The number of likely N-dealkylation sites (N-methyl/N-ethyl adjacent to an activating group) is 1. The summed E-state index contributed by atoms with van der Waals surface area (Å²) in [4.78, 5) is 40.2. The van der Waals surface area contributed by atoms with E-state index in [2.05, 4.69) is 4.99 Å². The zero-order valence-electron chi connectivity index (χ0n) is 16.9. The van der Waals surface area contributed by atoms with Gasteiger partial charge in [0.25, 0.3) is 11.6 Å². The molecule has 0 atom stereocenters. The second kappa shape index (κ2) is 8.93. The van der Waals surface area contributed by atoms with Crippen LogP contribution in [0.1, 0.15) is 16.1 Å². The summed E-state index contributed by atoms with van der Waals surface area (Å²) in [5, 5.41) is 22.3. The third-order valence-electron chi connectivity index (χ3n) is 4.66. The summed E-state index contributed by atoms with van der Waals surface area (Å²) >= 11 is 6.95. The molecule has 0 radical (unpaired) electrons. The maximum Gasteiger partial charge on any atom is 0.269 e. The molecule has 1 amide bonds. The molecular formula is C22H13ClN3O6S-. The number of carbonyl (C=O) groups is 2. The van der Waals surface area contributed by atoms with Crippen LogP contribution in [0.4, 0.5) is 11.4 Å². The third kappa shape index (κ3) is 4.66. The van der Waals surface area contributed by atoms with Crippen LogP contribution in [-0.4, -0.2) is 33.9 Å². The number of carboxylic acid groups (broad SMARTS) is 1. The van der Waals surface area contributed by atoms with Crippen LogP contribution in [0.3, 0.4) is 0 Å². The SMILES string of the molecule is CN1C(=O)/C(=C/c2ccc(-c3ccc([N+](=O)[O-])cc3)o2)SC1=Nc1ccc(Cl)c(C(=O)[O-])c1. The van der Waals surface area contributed by atoms with Crippen molar-refractivity contribution in [2.75, 3.05) is 7.05 Å². The van der Waals surface area contributed by atoms with Gasteiger partial charge in [-0.2, -0.15) is 0 Å². The lowest BCUT2D eigenvalue weighted by atomic mass is 10.1. The van der Waals surface area contributed by atoms with Crippen LogP contribution >= 0.6 is 23.4 Å². The van der Waals surface area contributed by atoms with Gasteiger partial charge in [-0.25, -0.2) is 4.99 Å². The van der Waals surface area contributed by atoms with Crippen LogP contribution in [-0.2, 0) is 4.79 Å². The number of carboxylic acids is 1. The molecule has 0 spiro atoms. The minimum atomic E-state index is -1.42. The lowest BCUT2D eigenvalue weighted by Gasteiger charge is -2.09. The minimum Gasteiger partial charge on any atom is -0.545 e. The van der Waals surface area contributed by atoms with Gasteiger partial charge in [-0.15, -0.1) is 0 Å². The van der Waals surface area contributed by atoms with Crippen molar-refractivity contribution in [2.24, 2.45) is 4.99 Å². The number of nitro groups is 1. The molecule has 4 rings (SSSR count). The summed E-state index contributed by atoms with van der Waals surface area (Å²) in [5.74, 6) is -0.820. The van der Waals surface area contributed by atoms with Gasteiger partial charge >= 0.3 is 0 Å². The van der Waals surface area contributed by atoms with Gasteiger partial charge in [0, 0.05) is 41.4 Å². The van der Waals surface area contributed by atoms with Crippen molar-refractivity contribution in [3.05, 3.63) is 86.0 Å². The van der Waals surface area contributed by atoms with E-state index in [1.165, 1.54) is 35.2 Å². The third-order valence-corrected chi connectivity index (χ3v) is 6.05. The lowest BCUT2D eigenvalue weighted by Crippen LogP contribution is -2.24. The van der Waals surface area contributed by atoms with Gasteiger partial charge in [0.1, 0.15) is 11.5 Å². The van der Waals surface area contributed by atoms with Crippen molar-refractivity contribution in [3.8, 4) is 11.3 Å². The molecule has 9 nitrogen and oxygen atoms in total. The highest BCUT2D eigenvalue weighted by Crippen LogP contribution is 2.35. The zero-order chi connectivity index (χ0) is 23.7. The van der Waals surface area contributed by atoms with Gasteiger partial charge < -0.3 is 14.3 Å². The summed E-state index contributed by atoms with van der Waals surface area (Å²) in [6.07, 6.45) is 1.56. The largest absolute Gasteiger partial charge is 0.545 e. The smallest absolute Gasteiger partial charge is 0.269 e. The summed E-state index contributed by atoms with van der Waals surface area (Å²) in [6.45, 7) is 0. The Morgan fingerprint density at radius 3 is 2.58 bits per heavy atom. The van der Waals surface area contributed by atoms with E-state index in [1.807, 2.05) is 0 Å². The maximum absolute atomic E-state index is 12.6. The fourth-order valence-corrected chi connectivity index (χ4v) is 4.13. The maximum atomic E-state index is 12.6. The van der Waals surface area contributed by atoms with E-state index in [4.69, 9.17) is 16.0 Å². The van der Waals surface area contributed by atoms with Gasteiger partial charge in [0.15, 0.2) is 5.17 Å². The summed E-state index contributed by atoms with van der Waals surface area (Å²) in [7, 11) is 1.55. The average molecular weight is 483 g/mol. The molecule has 0 aliphatic carbocycles. The standard InChI is InChI=1S/C22H14ClN3O6S/c1-25-20(27)19(33-22(25)24-13-4-8-17(23)16(10-13)21(28)29)11-15-7-9-18(32-15)12-2-5-14(6-3-12)26(30)31/h2-11H,1H3,(H,28,29)/p-1/b19-11-,24-22?. The van der Waals surface area contributed by atoms with Gasteiger partial charge in [0.05, 0.1) is 21.5 Å². The van der Waals surface area contributed by atoms with Crippen LogP contribution < -0.4 is 5.11 Å². The number of rotatable bonds is 5. The Hall–Kier alpha value is -3.89. The van der Waals surface area contributed by atoms with Crippen LogP contribution in [0.5, 0.6) is 0 Å². The number of benzene rings is 2. The number of halogens is 1. The first kappa shape index (κ1) is 22.3. The molecule has 1 fully saturated rings. The highest BCUT2D eigenvalue weighted by Gasteiger charge is 2.30. The molecule has 1 aromatic heterocycles. The molecule has 0 N–H and O–H groups in total. The summed E-state index contributed by atoms with van der Waals surface area (Å²) in [6, 6.07) is 13.5. The number of furan rings is 1. The molecule has 0 bridgehead atoms. The van der Waals surface area contributed by atoms with E-state index >= 15 is 0 Å². The number of thioether (sulfide) groups is 1. The molecule has 0 unspecified atom stereocenters. The highest BCUT2D eigenvalue weighted by molar-refractivity contribution is 8.18. The van der Waals surface area contributed by atoms with Crippen molar-refractivity contribution < 1.29 is 24.0 Å². The zero-order valence-corrected chi connectivity index (χ0v) is 18.4. The molecule has 1 aliphatic rings. The van der Waals surface area contributed by atoms with Crippen LogP contribution in [0, 0.1) is 10.1 Å². The second-order valence-electron chi connectivity index (χ2n) is 6.83. The molecule has 11 heteroatoms. The predicted octanol–water partition coefficient (Wildman–Crippen LogP) is 4.11. The quantitative estimate of drug-likeness (QED) is 0.304. The fourth-order valence-electron chi connectivity index (χ4n) is 2.96. The Morgan fingerprint density at radius 1 is 1.18 bits per heavy atom. The summed E-state index contributed by atoms with van der Waals surface area (Å²) < 4.78 is 5.77. The van der Waals surface area contributed by atoms with Crippen molar-refractivity contribution in [1.29, 1.82) is 0 Å². The fraction of sp³-hybridized carbons (Fsp3) is 0.0455. The van der Waals surface area contributed by atoms with Gasteiger partial charge in [-0.3, -0.25) is 19.8 Å². The molecule has 2 heterocycles. The van der Waals surface area contributed by atoms with Crippen molar-refractivity contribution in [2.45, 2.75) is 0 Å². The minimum absolute atomic E-state index is 0.0251.